The van der Waals surface area contributed by atoms with Crippen molar-refractivity contribution in [3.05, 3.63) is 53.6 Å². The lowest BCUT2D eigenvalue weighted by molar-refractivity contribution is -0.146. The van der Waals surface area contributed by atoms with Crippen molar-refractivity contribution >= 4 is 31.5 Å². The van der Waals surface area contributed by atoms with Gasteiger partial charge in [-0.05, 0) is 61.8 Å². The van der Waals surface area contributed by atoms with Gasteiger partial charge in [0.2, 0.25) is 5.91 Å². The number of carbonyl (C=O) groups is 2. The number of nitrogens with zero attached hydrogens (tertiary/aromatic N) is 2. The molecule has 1 spiro atoms. The average Bonchev–Trinajstić information content (AvgIpc) is 3.49. The summed E-state index contributed by atoms with van der Waals surface area (Å²) in [5.41, 5.74) is 1.74. The second kappa shape index (κ2) is 9.54. The lowest BCUT2D eigenvalue weighted by atomic mass is 9.82. The van der Waals surface area contributed by atoms with E-state index >= 15 is 0 Å². The molecule has 2 amide bonds. The Morgan fingerprint density at radius 1 is 1.19 bits per heavy atom. The molecule has 0 aliphatic carbocycles. The number of aliphatic hydroxyl groups excluding tert-OH is 1. The molecule has 5 rings (SSSR count). The van der Waals surface area contributed by atoms with Gasteiger partial charge in [-0.15, -0.1) is 0 Å². The Morgan fingerprint density at radius 3 is 2.62 bits per heavy atom. The largest absolute Gasteiger partial charge is 0.497 e. The Kier molecular flexibility index (Phi) is 6.68. The zero-order valence-electron chi connectivity index (χ0n) is 21.9. The second-order valence-corrected chi connectivity index (χ2v) is 14.9. The summed E-state index contributed by atoms with van der Waals surface area (Å²) in [4.78, 5) is 41.5. The number of amides is 2. The summed E-state index contributed by atoms with van der Waals surface area (Å²) in [6.07, 6.45) is 1.33. The van der Waals surface area contributed by atoms with E-state index < -0.39 is 20.0 Å². The van der Waals surface area contributed by atoms with Crippen LogP contribution in [-0.2, 0) is 26.5 Å². The molecule has 3 aliphatic heterocycles. The van der Waals surface area contributed by atoms with Crippen LogP contribution in [0.15, 0.2) is 42.5 Å². The molecule has 0 unspecified atom stereocenters. The molecule has 9 heteroatoms. The fraction of sp³-hybridized carbons (Fsp3) is 0.500. The third kappa shape index (κ3) is 4.18. The minimum atomic E-state index is -2.75. The number of benzene rings is 2. The highest BCUT2D eigenvalue weighted by molar-refractivity contribution is 6.71. The molecule has 2 fully saturated rings. The monoisotopic (exact) mass is 524 g/mol. The van der Waals surface area contributed by atoms with Crippen molar-refractivity contribution in [3.8, 4) is 5.75 Å². The maximum atomic E-state index is 14.4. The number of hydrogen-bond donors (Lipinski definition) is 2. The van der Waals surface area contributed by atoms with Crippen molar-refractivity contribution in [2.75, 3.05) is 30.1 Å². The molecule has 2 aromatic rings. The van der Waals surface area contributed by atoms with Gasteiger partial charge in [0.15, 0.2) is 13.9 Å². The highest BCUT2D eigenvalue weighted by Crippen LogP contribution is 2.60. The van der Waals surface area contributed by atoms with Crippen molar-refractivity contribution in [3.63, 3.8) is 0 Å². The number of anilines is 2. The van der Waals surface area contributed by atoms with E-state index in [4.69, 9.17) is 9.47 Å². The van der Waals surface area contributed by atoms with E-state index in [1.807, 2.05) is 62.5 Å². The standard InChI is InChI=1S/C28H36N2O6Si/c1-18-26(37(3,4)34)24(12-14-31)36-28(18)22-16-21(35-2)10-11-23(22)30(27(28)33)17-19-7-5-8-20(15-19)29-13-6-9-25(29)32/h5,7-8,10-11,15-16,18,24,26,31,34H,6,9,12-14,17H2,1-4H3/t18-,24+,26-,28+/m0/s1. The van der Waals surface area contributed by atoms with Crippen LogP contribution in [0, 0.1) is 5.92 Å². The summed E-state index contributed by atoms with van der Waals surface area (Å²) in [5.74, 6) is 0.277. The van der Waals surface area contributed by atoms with Crippen molar-refractivity contribution in [2.45, 2.75) is 63.1 Å². The number of carbonyl (C=O) groups excluding carboxylic acids is 2. The molecule has 0 aromatic heterocycles. The molecule has 2 aromatic carbocycles. The molecule has 198 valence electrons. The van der Waals surface area contributed by atoms with Crippen LogP contribution in [0.25, 0.3) is 0 Å². The molecule has 37 heavy (non-hydrogen) atoms. The van der Waals surface area contributed by atoms with E-state index in [9.17, 15) is 19.5 Å². The molecule has 3 aliphatic rings. The van der Waals surface area contributed by atoms with Gasteiger partial charge in [0.25, 0.3) is 5.91 Å². The molecule has 0 saturated carbocycles. The predicted molar refractivity (Wildman–Crippen MR) is 143 cm³/mol. The molecule has 4 atom stereocenters. The predicted octanol–water partition coefficient (Wildman–Crippen LogP) is 3.55. The quantitative estimate of drug-likeness (QED) is 0.538. The zero-order chi connectivity index (χ0) is 26.5. The van der Waals surface area contributed by atoms with Crippen LogP contribution >= 0.6 is 0 Å². The number of hydrogen-bond acceptors (Lipinski definition) is 6. The van der Waals surface area contributed by atoms with Gasteiger partial charge in [0, 0.05) is 42.3 Å². The number of methoxy groups -OCH3 is 1. The third-order valence-corrected chi connectivity index (χ3v) is 10.7. The van der Waals surface area contributed by atoms with Crippen LogP contribution in [0.1, 0.15) is 37.3 Å². The topological polar surface area (TPSA) is 99.5 Å². The minimum absolute atomic E-state index is 0.0840. The van der Waals surface area contributed by atoms with Gasteiger partial charge in [0.05, 0.1) is 25.4 Å². The SMILES string of the molecule is COc1ccc2c(c1)[C@@]1(O[C@H](CCO)[C@@H]([Si](C)(C)O)[C@@H]1C)C(=O)N2Cc1cccc(N2CCCC2=O)c1. The Bertz CT molecular complexity index is 1210. The highest BCUT2D eigenvalue weighted by Gasteiger charge is 2.66. The first-order valence-corrected chi connectivity index (χ1v) is 16.0. The highest BCUT2D eigenvalue weighted by atomic mass is 28.4. The van der Waals surface area contributed by atoms with Crippen molar-refractivity contribution in [2.24, 2.45) is 5.92 Å². The summed E-state index contributed by atoms with van der Waals surface area (Å²) in [6.45, 7) is 6.67. The van der Waals surface area contributed by atoms with Crippen LogP contribution in [0.2, 0.25) is 18.6 Å². The average molecular weight is 525 g/mol. The summed E-state index contributed by atoms with van der Waals surface area (Å²) >= 11 is 0. The van der Waals surface area contributed by atoms with E-state index in [1.165, 1.54) is 0 Å². The Balaban J connectivity index is 1.56. The molecular formula is C28H36N2O6Si. The number of aliphatic hydroxyl groups is 1. The summed E-state index contributed by atoms with van der Waals surface area (Å²) in [6, 6.07) is 13.4. The summed E-state index contributed by atoms with van der Waals surface area (Å²) in [5, 5.41) is 9.76. The van der Waals surface area contributed by atoms with E-state index in [0.29, 0.717) is 31.7 Å². The van der Waals surface area contributed by atoms with Crippen molar-refractivity contribution < 1.29 is 29.0 Å². The van der Waals surface area contributed by atoms with Gasteiger partial charge in [0.1, 0.15) is 5.75 Å². The van der Waals surface area contributed by atoms with Gasteiger partial charge in [-0.1, -0.05) is 19.1 Å². The molecule has 3 heterocycles. The van der Waals surface area contributed by atoms with Crippen LogP contribution in [0.4, 0.5) is 11.4 Å². The lowest BCUT2D eigenvalue weighted by Crippen LogP contribution is -2.46. The zero-order valence-corrected chi connectivity index (χ0v) is 22.9. The molecular weight excluding hydrogens is 488 g/mol. The van der Waals surface area contributed by atoms with Crippen LogP contribution < -0.4 is 14.5 Å². The fourth-order valence-electron chi connectivity index (χ4n) is 6.66. The van der Waals surface area contributed by atoms with Gasteiger partial charge in [-0.3, -0.25) is 9.59 Å². The van der Waals surface area contributed by atoms with Crippen LogP contribution in [0.3, 0.4) is 0 Å². The van der Waals surface area contributed by atoms with E-state index in [1.54, 1.807) is 16.9 Å². The van der Waals surface area contributed by atoms with Crippen LogP contribution in [-0.4, -0.2) is 56.4 Å². The normalized spacial score (nSPS) is 27.5. The fourth-order valence-corrected chi connectivity index (χ4v) is 9.27. The summed E-state index contributed by atoms with van der Waals surface area (Å²) < 4.78 is 12.2. The van der Waals surface area contributed by atoms with Crippen molar-refractivity contribution in [1.82, 2.24) is 0 Å². The molecule has 0 bridgehead atoms. The first kappa shape index (κ1) is 25.9. The molecule has 0 radical (unpaired) electrons. The maximum Gasteiger partial charge on any atom is 0.264 e. The lowest BCUT2D eigenvalue weighted by Gasteiger charge is -2.32. The van der Waals surface area contributed by atoms with E-state index in [2.05, 4.69) is 0 Å². The smallest absolute Gasteiger partial charge is 0.264 e. The number of ether oxygens (including phenoxy) is 2. The second-order valence-electron chi connectivity index (χ2n) is 11.0. The Hall–Kier alpha value is -2.72. The Morgan fingerprint density at radius 2 is 1.97 bits per heavy atom. The molecule has 2 N–H and O–H groups in total. The molecule has 2 saturated heterocycles. The van der Waals surface area contributed by atoms with Gasteiger partial charge < -0.3 is 29.2 Å². The number of rotatable bonds is 7. The Labute approximate surface area is 218 Å². The third-order valence-electron chi connectivity index (χ3n) is 8.24. The molecule has 8 nitrogen and oxygen atoms in total. The maximum absolute atomic E-state index is 14.4. The first-order valence-electron chi connectivity index (χ1n) is 13.0. The first-order chi connectivity index (χ1) is 17.6. The van der Waals surface area contributed by atoms with Gasteiger partial charge >= 0.3 is 0 Å². The van der Waals surface area contributed by atoms with Gasteiger partial charge in [-0.2, -0.15) is 0 Å². The van der Waals surface area contributed by atoms with E-state index in [-0.39, 0.29) is 29.9 Å². The van der Waals surface area contributed by atoms with Crippen molar-refractivity contribution in [1.29, 1.82) is 0 Å². The van der Waals surface area contributed by atoms with Gasteiger partial charge in [-0.25, -0.2) is 0 Å². The minimum Gasteiger partial charge on any atom is -0.497 e. The van der Waals surface area contributed by atoms with E-state index in [0.717, 1.165) is 28.9 Å². The number of fused-ring (bicyclic) bond motifs is 2. The van der Waals surface area contributed by atoms with Crippen LogP contribution in [0.5, 0.6) is 5.75 Å². The summed E-state index contributed by atoms with van der Waals surface area (Å²) in [7, 11) is -1.16.